The number of imidazole rings is 1. The number of benzene rings is 3. The van der Waals surface area contributed by atoms with Gasteiger partial charge < -0.3 is 14.4 Å². The van der Waals surface area contributed by atoms with E-state index in [4.69, 9.17) is 16.3 Å². The molecule has 0 bridgehead atoms. The van der Waals surface area contributed by atoms with Crippen LogP contribution in [0.5, 0.6) is 5.75 Å². The maximum Gasteiger partial charge on any atom is 0.309 e. The van der Waals surface area contributed by atoms with Gasteiger partial charge in [-0.2, -0.15) is 0 Å². The predicted molar refractivity (Wildman–Crippen MR) is 120 cm³/mol. The quantitative estimate of drug-likeness (QED) is 0.401. The van der Waals surface area contributed by atoms with Crippen LogP contribution in [0.3, 0.4) is 0 Å². The molecule has 156 valence electrons. The van der Waals surface area contributed by atoms with Crippen molar-refractivity contribution in [3.8, 4) is 17.1 Å². The minimum atomic E-state index is -0.952. The van der Waals surface area contributed by atoms with Gasteiger partial charge in [-0.1, -0.05) is 84.4 Å². The fourth-order valence-corrected chi connectivity index (χ4v) is 3.61. The third kappa shape index (κ3) is 5.13. The van der Waals surface area contributed by atoms with Crippen LogP contribution in [-0.2, 0) is 24.4 Å². The smallest absolute Gasteiger partial charge is 0.309 e. The SMILES string of the molecule is O=C(O)Cc1c(Cl)nc(-c2ccccc2)n1Cc1ccc(OCc2ccccc2)cc1. The van der Waals surface area contributed by atoms with E-state index >= 15 is 0 Å². The molecule has 0 saturated carbocycles. The topological polar surface area (TPSA) is 64.3 Å². The second-order valence-electron chi connectivity index (χ2n) is 7.11. The van der Waals surface area contributed by atoms with Crippen LogP contribution in [-0.4, -0.2) is 20.6 Å². The third-order valence-electron chi connectivity index (χ3n) is 4.89. The number of aromatic nitrogens is 2. The van der Waals surface area contributed by atoms with Gasteiger partial charge in [0.1, 0.15) is 18.2 Å². The van der Waals surface area contributed by atoms with Crippen LogP contribution in [0, 0.1) is 0 Å². The Balaban J connectivity index is 1.57. The summed E-state index contributed by atoms with van der Waals surface area (Å²) in [6, 6.07) is 27.4. The summed E-state index contributed by atoms with van der Waals surface area (Å²) in [5.41, 5.74) is 3.46. The number of hydrogen-bond acceptors (Lipinski definition) is 3. The van der Waals surface area contributed by atoms with Gasteiger partial charge in [-0.3, -0.25) is 4.79 Å². The average Bonchev–Trinajstić information content (AvgIpc) is 3.09. The van der Waals surface area contributed by atoms with E-state index in [1.165, 1.54) is 0 Å². The molecule has 0 fully saturated rings. The Kier molecular flexibility index (Phi) is 6.34. The van der Waals surface area contributed by atoms with E-state index in [9.17, 15) is 9.90 Å². The van der Waals surface area contributed by atoms with Crippen LogP contribution in [0.1, 0.15) is 16.8 Å². The molecular weight excluding hydrogens is 412 g/mol. The Morgan fingerprint density at radius 3 is 2.19 bits per heavy atom. The number of carboxylic acids is 1. The highest BCUT2D eigenvalue weighted by Gasteiger charge is 2.19. The lowest BCUT2D eigenvalue weighted by molar-refractivity contribution is -0.136. The minimum absolute atomic E-state index is 0.197. The number of nitrogens with zero attached hydrogens (tertiary/aromatic N) is 2. The molecule has 31 heavy (non-hydrogen) atoms. The zero-order valence-electron chi connectivity index (χ0n) is 16.7. The van der Waals surface area contributed by atoms with Gasteiger partial charge in [0, 0.05) is 12.1 Å². The molecule has 4 aromatic rings. The van der Waals surface area contributed by atoms with Crippen molar-refractivity contribution >= 4 is 17.6 Å². The van der Waals surface area contributed by atoms with Crippen LogP contribution in [0.2, 0.25) is 5.15 Å². The van der Waals surface area contributed by atoms with Gasteiger partial charge in [0.25, 0.3) is 0 Å². The normalized spacial score (nSPS) is 10.7. The van der Waals surface area contributed by atoms with Crippen molar-refractivity contribution in [2.75, 3.05) is 0 Å². The van der Waals surface area contributed by atoms with E-state index in [0.29, 0.717) is 24.7 Å². The number of rotatable bonds is 8. The Morgan fingerprint density at radius 1 is 0.903 bits per heavy atom. The molecule has 6 heteroatoms. The van der Waals surface area contributed by atoms with Gasteiger partial charge >= 0.3 is 5.97 Å². The van der Waals surface area contributed by atoms with Crippen LogP contribution in [0.4, 0.5) is 0 Å². The molecule has 5 nitrogen and oxygen atoms in total. The fraction of sp³-hybridized carbons (Fsp3) is 0.120. The van der Waals surface area contributed by atoms with Crippen molar-refractivity contribution in [3.05, 3.63) is 107 Å². The summed E-state index contributed by atoms with van der Waals surface area (Å²) in [6.45, 7) is 0.948. The first-order valence-corrected chi connectivity index (χ1v) is 10.3. The lowest BCUT2D eigenvalue weighted by Crippen LogP contribution is -2.11. The Morgan fingerprint density at radius 2 is 1.55 bits per heavy atom. The fourth-order valence-electron chi connectivity index (χ4n) is 3.36. The Labute approximate surface area is 185 Å². The van der Waals surface area contributed by atoms with Gasteiger partial charge in [0.05, 0.1) is 12.1 Å². The Bertz CT molecular complexity index is 1160. The van der Waals surface area contributed by atoms with Crippen molar-refractivity contribution in [2.24, 2.45) is 0 Å². The van der Waals surface area contributed by atoms with Crippen LogP contribution < -0.4 is 4.74 Å². The molecule has 4 rings (SSSR count). The first-order chi connectivity index (χ1) is 15.1. The zero-order valence-corrected chi connectivity index (χ0v) is 17.5. The first kappa shape index (κ1) is 20.7. The molecule has 0 aliphatic carbocycles. The maximum absolute atomic E-state index is 11.4. The molecule has 0 aliphatic heterocycles. The van der Waals surface area contributed by atoms with Gasteiger partial charge in [-0.05, 0) is 23.3 Å². The van der Waals surface area contributed by atoms with Crippen LogP contribution in [0.25, 0.3) is 11.4 Å². The Hall–Kier alpha value is -3.57. The summed E-state index contributed by atoms with van der Waals surface area (Å²) in [7, 11) is 0. The largest absolute Gasteiger partial charge is 0.489 e. The van der Waals surface area contributed by atoms with E-state index in [2.05, 4.69) is 4.98 Å². The average molecular weight is 433 g/mol. The number of carbonyl (C=O) groups is 1. The number of halogens is 1. The van der Waals surface area contributed by atoms with E-state index in [1.807, 2.05) is 89.5 Å². The summed E-state index contributed by atoms with van der Waals surface area (Å²) < 4.78 is 7.72. The van der Waals surface area contributed by atoms with Crippen molar-refractivity contribution < 1.29 is 14.6 Å². The zero-order chi connectivity index (χ0) is 21.6. The predicted octanol–water partition coefficient (Wildman–Crippen LogP) is 5.46. The molecule has 0 aliphatic rings. The first-order valence-electron chi connectivity index (χ1n) is 9.88. The van der Waals surface area contributed by atoms with E-state index in [1.54, 1.807) is 0 Å². The molecular formula is C25H21ClN2O3. The van der Waals surface area contributed by atoms with E-state index in [0.717, 1.165) is 22.4 Å². The number of hydrogen-bond donors (Lipinski definition) is 1. The van der Waals surface area contributed by atoms with E-state index < -0.39 is 5.97 Å². The molecule has 1 heterocycles. The molecule has 1 aromatic heterocycles. The maximum atomic E-state index is 11.4. The van der Waals surface area contributed by atoms with Crippen LogP contribution in [0.15, 0.2) is 84.9 Å². The lowest BCUT2D eigenvalue weighted by Gasteiger charge is -2.13. The van der Waals surface area contributed by atoms with Crippen LogP contribution >= 0.6 is 11.6 Å². The summed E-state index contributed by atoms with van der Waals surface area (Å²) in [5, 5.41) is 9.55. The summed E-state index contributed by atoms with van der Waals surface area (Å²) in [6.07, 6.45) is -0.197. The molecule has 1 N–H and O–H groups in total. The highest BCUT2D eigenvalue weighted by atomic mass is 35.5. The van der Waals surface area contributed by atoms with Crippen molar-refractivity contribution in [3.63, 3.8) is 0 Å². The number of aliphatic carboxylic acids is 1. The van der Waals surface area contributed by atoms with Crippen molar-refractivity contribution in [2.45, 2.75) is 19.6 Å². The second-order valence-corrected chi connectivity index (χ2v) is 7.47. The monoisotopic (exact) mass is 432 g/mol. The van der Waals surface area contributed by atoms with Gasteiger partial charge in [-0.15, -0.1) is 0 Å². The summed E-state index contributed by atoms with van der Waals surface area (Å²) >= 11 is 6.32. The highest BCUT2D eigenvalue weighted by molar-refractivity contribution is 6.30. The molecule has 0 amide bonds. The third-order valence-corrected chi connectivity index (χ3v) is 5.19. The highest BCUT2D eigenvalue weighted by Crippen LogP contribution is 2.27. The summed E-state index contributed by atoms with van der Waals surface area (Å²) in [4.78, 5) is 15.8. The van der Waals surface area contributed by atoms with Crippen molar-refractivity contribution in [1.29, 1.82) is 0 Å². The standard InChI is InChI=1S/C25H21ClN2O3/c26-24-22(15-23(29)30)28(25(27-24)20-9-5-2-6-10-20)16-18-11-13-21(14-12-18)31-17-19-7-3-1-4-8-19/h1-14H,15-17H2,(H,29,30). The molecule has 0 atom stereocenters. The number of ether oxygens (including phenoxy) is 1. The second kappa shape index (κ2) is 9.49. The van der Waals surface area contributed by atoms with Crippen molar-refractivity contribution in [1.82, 2.24) is 9.55 Å². The van der Waals surface area contributed by atoms with Gasteiger partial charge in [0.15, 0.2) is 5.15 Å². The minimum Gasteiger partial charge on any atom is -0.489 e. The molecule has 0 unspecified atom stereocenters. The number of carboxylic acid groups (broad SMARTS) is 1. The van der Waals surface area contributed by atoms with Gasteiger partial charge in [-0.25, -0.2) is 4.98 Å². The summed E-state index contributed by atoms with van der Waals surface area (Å²) in [5.74, 6) is 0.462. The lowest BCUT2D eigenvalue weighted by atomic mass is 10.1. The van der Waals surface area contributed by atoms with E-state index in [-0.39, 0.29) is 11.6 Å². The van der Waals surface area contributed by atoms with Gasteiger partial charge in [0.2, 0.25) is 0 Å². The molecule has 0 radical (unpaired) electrons. The molecule has 0 saturated heterocycles. The molecule has 0 spiro atoms. The molecule has 3 aromatic carbocycles.